The van der Waals surface area contributed by atoms with Gasteiger partial charge in [-0.05, 0) is 13.0 Å². The van der Waals surface area contributed by atoms with Gasteiger partial charge >= 0.3 is 6.18 Å². The molecule has 82 valence electrons. The predicted molar refractivity (Wildman–Crippen MR) is 45.9 cm³/mol. The minimum absolute atomic E-state index is 0.140. The first-order valence-corrected chi connectivity index (χ1v) is 4.06. The van der Waals surface area contributed by atoms with Crippen molar-refractivity contribution in [2.45, 2.75) is 13.1 Å². The van der Waals surface area contributed by atoms with Crippen molar-refractivity contribution in [2.24, 2.45) is 5.92 Å². The molecule has 0 fully saturated rings. The number of nitrogens with zero attached hydrogens (tertiary/aromatic N) is 2. The van der Waals surface area contributed by atoms with Gasteiger partial charge in [-0.1, -0.05) is 0 Å². The van der Waals surface area contributed by atoms with Gasteiger partial charge in [-0.25, -0.2) is 9.97 Å². The van der Waals surface area contributed by atoms with Crippen molar-refractivity contribution in [1.82, 2.24) is 9.97 Å². The molecule has 1 unspecified atom stereocenters. The molecule has 0 aliphatic heterocycles. The number of aromatic nitrogens is 2. The van der Waals surface area contributed by atoms with E-state index in [9.17, 15) is 18.0 Å². The number of halogens is 3. The fraction of sp³-hybridized carbons (Fsp3) is 0.375. The minimum Gasteiger partial charge on any atom is -0.294 e. The summed E-state index contributed by atoms with van der Waals surface area (Å²) in [6.07, 6.45) is -1.92. The standard InChI is InChI=1S/C8H8F3N3O/c1-5(8(9,10)11)6(15)14-7-12-3-2-4-13-7/h2-5H,1H3,(H,12,13,14,15). The Morgan fingerprint density at radius 3 is 2.40 bits per heavy atom. The van der Waals surface area contributed by atoms with Crippen LogP contribution in [0.25, 0.3) is 0 Å². The second-order valence-electron chi connectivity index (χ2n) is 2.82. The first-order chi connectivity index (χ1) is 6.91. The van der Waals surface area contributed by atoms with Crippen LogP contribution in [-0.2, 0) is 4.79 Å². The zero-order valence-electron chi connectivity index (χ0n) is 7.75. The van der Waals surface area contributed by atoms with Crippen LogP contribution in [0.3, 0.4) is 0 Å². The quantitative estimate of drug-likeness (QED) is 0.822. The molecular weight excluding hydrogens is 211 g/mol. The van der Waals surface area contributed by atoms with E-state index in [0.717, 1.165) is 6.92 Å². The second kappa shape index (κ2) is 4.24. The number of amides is 1. The Labute approximate surface area is 83.5 Å². The van der Waals surface area contributed by atoms with Crippen LogP contribution in [0.4, 0.5) is 19.1 Å². The lowest BCUT2D eigenvalue weighted by atomic mass is 10.1. The van der Waals surface area contributed by atoms with Crippen molar-refractivity contribution in [3.63, 3.8) is 0 Å². The highest BCUT2D eigenvalue weighted by molar-refractivity contribution is 5.91. The Kier molecular flexibility index (Phi) is 3.23. The lowest BCUT2D eigenvalue weighted by Crippen LogP contribution is -2.33. The average Bonchev–Trinajstić information content (AvgIpc) is 2.16. The average molecular weight is 219 g/mol. The second-order valence-corrected chi connectivity index (χ2v) is 2.82. The van der Waals surface area contributed by atoms with Crippen molar-refractivity contribution in [2.75, 3.05) is 5.32 Å². The SMILES string of the molecule is CC(C(=O)Nc1ncccn1)C(F)(F)F. The van der Waals surface area contributed by atoms with Gasteiger partial charge in [0, 0.05) is 12.4 Å². The maximum absolute atomic E-state index is 12.1. The molecular formula is C8H8F3N3O. The fourth-order valence-electron chi connectivity index (χ4n) is 0.731. The number of carbonyl (C=O) groups excluding carboxylic acids is 1. The Bertz CT molecular complexity index is 339. The molecule has 0 aliphatic carbocycles. The molecule has 7 heteroatoms. The zero-order chi connectivity index (χ0) is 11.5. The van der Waals surface area contributed by atoms with Gasteiger partial charge in [-0.3, -0.25) is 10.1 Å². The van der Waals surface area contributed by atoms with Crippen LogP contribution in [-0.4, -0.2) is 22.1 Å². The third-order valence-electron chi connectivity index (χ3n) is 1.69. The summed E-state index contributed by atoms with van der Waals surface area (Å²) in [6, 6.07) is 1.49. The van der Waals surface area contributed by atoms with E-state index in [-0.39, 0.29) is 5.95 Å². The van der Waals surface area contributed by atoms with Crippen LogP contribution >= 0.6 is 0 Å². The smallest absolute Gasteiger partial charge is 0.294 e. The zero-order valence-corrected chi connectivity index (χ0v) is 7.75. The number of hydrogen-bond donors (Lipinski definition) is 1. The van der Waals surface area contributed by atoms with E-state index < -0.39 is 18.0 Å². The number of rotatable bonds is 2. The van der Waals surface area contributed by atoms with Crippen LogP contribution in [0.1, 0.15) is 6.92 Å². The Balaban J connectivity index is 2.65. The summed E-state index contributed by atoms with van der Waals surface area (Å²) in [5.41, 5.74) is 0. The van der Waals surface area contributed by atoms with E-state index in [1.54, 1.807) is 0 Å². The summed E-state index contributed by atoms with van der Waals surface area (Å²) in [6.45, 7) is 0.776. The van der Waals surface area contributed by atoms with E-state index in [4.69, 9.17) is 0 Å². The lowest BCUT2D eigenvalue weighted by molar-refractivity contribution is -0.175. The Morgan fingerprint density at radius 1 is 1.40 bits per heavy atom. The highest BCUT2D eigenvalue weighted by atomic mass is 19.4. The summed E-state index contributed by atoms with van der Waals surface area (Å²) in [5.74, 6) is -3.39. The molecule has 0 aliphatic rings. The monoisotopic (exact) mass is 219 g/mol. The van der Waals surface area contributed by atoms with E-state index in [0.29, 0.717) is 0 Å². The summed E-state index contributed by atoms with van der Waals surface area (Å²) < 4.78 is 36.3. The first-order valence-electron chi connectivity index (χ1n) is 4.06. The molecule has 0 radical (unpaired) electrons. The largest absolute Gasteiger partial charge is 0.400 e. The van der Waals surface area contributed by atoms with Crippen molar-refractivity contribution >= 4 is 11.9 Å². The molecule has 1 aromatic rings. The number of anilines is 1. The van der Waals surface area contributed by atoms with Crippen molar-refractivity contribution < 1.29 is 18.0 Å². The first kappa shape index (κ1) is 11.4. The lowest BCUT2D eigenvalue weighted by Gasteiger charge is -2.14. The van der Waals surface area contributed by atoms with Gasteiger partial charge in [-0.15, -0.1) is 0 Å². The molecule has 1 rings (SSSR count). The summed E-state index contributed by atoms with van der Waals surface area (Å²) in [4.78, 5) is 18.2. The van der Waals surface area contributed by atoms with Crippen LogP contribution in [0.2, 0.25) is 0 Å². The highest BCUT2D eigenvalue weighted by Crippen LogP contribution is 2.26. The van der Waals surface area contributed by atoms with Crippen LogP contribution in [0.15, 0.2) is 18.5 Å². The molecule has 15 heavy (non-hydrogen) atoms. The highest BCUT2D eigenvalue weighted by Gasteiger charge is 2.41. The van der Waals surface area contributed by atoms with Gasteiger partial charge in [0.2, 0.25) is 11.9 Å². The van der Waals surface area contributed by atoms with Gasteiger partial charge in [0.1, 0.15) is 5.92 Å². The Morgan fingerprint density at radius 2 is 1.93 bits per heavy atom. The summed E-state index contributed by atoms with van der Waals surface area (Å²) in [5, 5.41) is 1.97. The maximum atomic E-state index is 12.1. The van der Waals surface area contributed by atoms with Gasteiger partial charge in [0.25, 0.3) is 0 Å². The molecule has 0 bridgehead atoms. The Hall–Kier alpha value is -1.66. The molecule has 0 aromatic carbocycles. The molecule has 4 nitrogen and oxygen atoms in total. The van der Waals surface area contributed by atoms with Crippen molar-refractivity contribution in [3.8, 4) is 0 Å². The minimum atomic E-state index is -4.56. The van der Waals surface area contributed by atoms with Crippen LogP contribution in [0, 0.1) is 5.92 Å². The van der Waals surface area contributed by atoms with Crippen molar-refractivity contribution in [1.29, 1.82) is 0 Å². The molecule has 1 aromatic heterocycles. The molecule has 0 spiro atoms. The van der Waals surface area contributed by atoms with Gasteiger partial charge in [-0.2, -0.15) is 13.2 Å². The molecule has 1 atom stereocenters. The number of nitrogens with one attached hydrogen (secondary N) is 1. The van der Waals surface area contributed by atoms with E-state index >= 15 is 0 Å². The van der Waals surface area contributed by atoms with Crippen LogP contribution in [0.5, 0.6) is 0 Å². The molecule has 0 saturated heterocycles. The maximum Gasteiger partial charge on any atom is 0.400 e. The third kappa shape index (κ3) is 3.19. The molecule has 1 amide bonds. The van der Waals surface area contributed by atoms with E-state index in [1.807, 2.05) is 5.32 Å². The predicted octanol–water partition coefficient (Wildman–Crippen LogP) is 1.61. The van der Waals surface area contributed by atoms with Crippen LogP contribution < -0.4 is 5.32 Å². The number of carbonyl (C=O) groups is 1. The molecule has 0 saturated carbocycles. The van der Waals surface area contributed by atoms with Gasteiger partial charge in [0.15, 0.2) is 0 Å². The normalized spacial score (nSPS) is 13.3. The third-order valence-corrected chi connectivity index (χ3v) is 1.69. The topological polar surface area (TPSA) is 54.9 Å². The van der Waals surface area contributed by atoms with Gasteiger partial charge < -0.3 is 0 Å². The van der Waals surface area contributed by atoms with E-state index in [2.05, 4.69) is 9.97 Å². The van der Waals surface area contributed by atoms with E-state index in [1.165, 1.54) is 18.5 Å². The van der Waals surface area contributed by atoms with Crippen molar-refractivity contribution in [3.05, 3.63) is 18.5 Å². The summed E-state index contributed by atoms with van der Waals surface area (Å²) in [7, 11) is 0. The molecule has 1 N–H and O–H groups in total. The van der Waals surface area contributed by atoms with Gasteiger partial charge in [0.05, 0.1) is 0 Å². The number of alkyl halides is 3. The fourth-order valence-corrected chi connectivity index (χ4v) is 0.731. The molecule has 1 heterocycles. The number of hydrogen-bond acceptors (Lipinski definition) is 3. The summed E-state index contributed by atoms with van der Waals surface area (Å²) >= 11 is 0.